The lowest BCUT2D eigenvalue weighted by Gasteiger charge is -2.11. The summed E-state index contributed by atoms with van der Waals surface area (Å²) < 4.78 is 0. The molecule has 0 spiro atoms. The van der Waals surface area contributed by atoms with Crippen molar-refractivity contribution in [3.63, 3.8) is 0 Å². The van der Waals surface area contributed by atoms with Gasteiger partial charge in [0.15, 0.2) is 0 Å². The number of carbonyl (C=O) groups is 2. The van der Waals surface area contributed by atoms with E-state index in [4.69, 9.17) is 10.2 Å². The molecule has 88 valence electrons. The third-order valence-corrected chi connectivity index (χ3v) is 3.54. The van der Waals surface area contributed by atoms with Gasteiger partial charge in [0.1, 0.15) is 0 Å². The van der Waals surface area contributed by atoms with Gasteiger partial charge in [-0.15, -0.1) is 0 Å². The Balaban J connectivity index is 3.84. The molecule has 0 aliphatic rings. The number of carboxylic acids is 2. The van der Waals surface area contributed by atoms with Crippen molar-refractivity contribution < 1.29 is 19.8 Å². The molecule has 0 fully saturated rings. The van der Waals surface area contributed by atoms with Gasteiger partial charge in [-0.05, 0) is 6.42 Å². The molecule has 0 heterocycles. The quantitative estimate of drug-likeness (QED) is 0.572. The number of hydrogen-bond donors (Lipinski definition) is 3. The van der Waals surface area contributed by atoms with Gasteiger partial charge >= 0.3 is 11.9 Å². The van der Waals surface area contributed by atoms with Gasteiger partial charge in [0, 0.05) is 23.2 Å². The minimum absolute atomic E-state index is 0.0893. The minimum atomic E-state index is -0.950. The number of thioether (sulfide) groups is 1. The van der Waals surface area contributed by atoms with Crippen LogP contribution < -0.4 is 0 Å². The highest BCUT2D eigenvalue weighted by Gasteiger charge is 2.18. The zero-order valence-electron chi connectivity index (χ0n) is 8.55. The van der Waals surface area contributed by atoms with Gasteiger partial charge in [-0.3, -0.25) is 9.59 Å². The molecule has 2 atom stereocenters. The molecule has 0 saturated heterocycles. The van der Waals surface area contributed by atoms with E-state index in [0.29, 0.717) is 5.75 Å². The number of thiol groups is 1. The molecule has 0 rings (SSSR count). The molecule has 2 unspecified atom stereocenters. The van der Waals surface area contributed by atoms with Gasteiger partial charge in [-0.2, -0.15) is 24.4 Å². The van der Waals surface area contributed by atoms with Crippen molar-refractivity contribution in [2.24, 2.45) is 5.92 Å². The van der Waals surface area contributed by atoms with Gasteiger partial charge in [0.05, 0.1) is 5.92 Å². The lowest BCUT2D eigenvalue weighted by atomic mass is 10.1. The van der Waals surface area contributed by atoms with E-state index in [2.05, 4.69) is 12.6 Å². The molecule has 6 heteroatoms. The third-order valence-electron chi connectivity index (χ3n) is 1.73. The molecule has 0 bridgehead atoms. The minimum Gasteiger partial charge on any atom is -0.481 e. The normalized spacial score (nSPS) is 14.5. The smallest absolute Gasteiger partial charge is 0.307 e. The molecule has 0 aliphatic heterocycles. The summed E-state index contributed by atoms with van der Waals surface area (Å²) in [5.41, 5.74) is 0. The maximum atomic E-state index is 10.8. The summed E-state index contributed by atoms with van der Waals surface area (Å²) in [6, 6.07) is 0. The molecule has 0 amide bonds. The standard InChI is InChI=1S/C9H16O4S2/c1-6(14)4-15-5-7(9(12)13)2-3-8(10)11/h6-7,14H,2-5H2,1H3,(H,10,11)(H,12,13). The number of carboxylic acid groups (broad SMARTS) is 2. The van der Waals surface area contributed by atoms with Crippen LogP contribution in [-0.2, 0) is 9.59 Å². The number of rotatable bonds is 8. The van der Waals surface area contributed by atoms with Crippen LogP contribution in [0.5, 0.6) is 0 Å². The molecule has 4 nitrogen and oxygen atoms in total. The Morgan fingerprint density at radius 3 is 2.33 bits per heavy atom. The first-order valence-corrected chi connectivity index (χ1v) is 6.31. The summed E-state index contributed by atoms with van der Waals surface area (Å²) in [7, 11) is 0. The van der Waals surface area contributed by atoms with Crippen LogP contribution in [-0.4, -0.2) is 38.9 Å². The van der Waals surface area contributed by atoms with E-state index >= 15 is 0 Å². The van der Waals surface area contributed by atoms with Crippen LogP contribution in [0.25, 0.3) is 0 Å². The Morgan fingerprint density at radius 1 is 1.33 bits per heavy atom. The van der Waals surface area contributed by atoms with Crippen molar-refractivity contribution >= 4 is 36.3 Å². The molecule has 0 aromatic heterocycles. The van der Waals surface area contributed by atoms with Crippen LogP contribution in [0.1, 0.15) is 19.8 Å². The molecule has 0 radical (unpaired) electrons. The number of aliphatic carboxylic acids is 2. The monoisotopic (exact) mass is 252 g/mol. The first-order valence-electron chi connectivity index (χ1n) is 4.64. The van der Waals surface area contributed by atoms with E-state index in [0.717, 1.165) is 5.75 Å². The van der Waals surface area contributed by atoms with Crippen LogP contribution in [0, 0.1) is 5.92 Å². The Bertz CT molecular complexity index is 218. The first kappa shape index (κ1) is 14.6. The Kier molecular flexibility index (Phi) is 7.68. The highest BCUT2D eigenvalue weighted by atomic mass is 32.2. The maximum absolute atomic E-state index is 10.8. The molecule has 0 aromatic rings. The Labute approximate surface area is 98.8 Å². The second kappa shape index (κ2) is 7.87. The fourth-order valence-corrected chi connectivity index (χ4v) is 2.34. The van der Waals surface area contributed by atoms with Crippen LogP contribution >= 0.6 is 24.4 Å². The summed E-state index contributed by atoms with van der Waals surface area (Å²) in [5.74, 6) is -1.21. The molecule has 0 aromatic carbocycles. The van der Waals surface area contributed by atoms with Gasteiger partial charge in [-0.25, -0.2) is 0 Å². The van der Waals surface area contributed by atoms with Crippen molar-refractivity contribution in [3.8, 4) is 0 Å². The summed E-state index contributed by atoms with van der Waals surface area (Å²) in [4.78, 5) is 21.1. The van der Waals surface area contributed by atoms with E-state index in [1.54, 1.807) is 0 Å². The highest BCUT2D eigenvalue weighted by molar-refractivity contribution is 8.00. The highest BCUT2D eigenvalue weighted by Crippen LogP contribution is 2.16. The second-order valence-electron chi connectivity index (χ2n) is 3.35. The molecule has 2 N–H and O–H groups in total. The molecular weight excluding hydrogens is 236 g/mol. The second-order valence-corrected chi connectivity index (χ2v) is 5.31. The fourth-order valence-electron chi connectivity index (χ4n) is 0.957. The average molecular weight is 252 g/mol. The fraction of sp³-hybridized carbons (Fsp3) is 0.778. The van der Waals surface area contributed by atoms with Gasteiger partial charge in [0.2, 0.25) is 0 Å². The average Bonchev–Trinajstić information content (AvgIpc) is 2.09. The van der Waals surface area contributed by atoms with Gasteiger partial charge in [0.25, 0.3) is 0 Å². The topological polar surface area (TPSA) is 74.6 Å². The molecular formula is C9H16O4S2. The maximum Gasteiger partial charge on any atom is 0.307 e. The van der Waals surface area contributed by atoms with Crippen LogP contribution in [0.2, 0.25) is 0 Å². The van der Waals surface area contributed by atoms with Crippen LogP contribution in [0.3, 0.4) is 0 Å². The first-order chi connectivity index (χ1) is 6.93. The van der Waals surface area contributed by atoms with E-state index in [1.807, 2.05) is 6.92 Å². The number of hydrogen-bond acceptors (Lipinski definition) is 4. The lowest BCUT2D eigenvalue weighted by Crippen LogP contribution is -2.18. The lowest BCUT2D eigenvalue weighted by molar-refractivity contribution is -0.142. The zero-order chi connectivity index (χ0) is 11.8. The largest absolute Gasteiger partial charge is 0.481 e. The summed E-state index contributed by atoms with van der Waals surface area (Å²) in [6.07, 6.45) is 0.104. The van der Waals surface area contributed by atoms with Crippen molar-refractivity contribution in [2.45, 2.75) is 25.0 Å². The van der Waals surface area contributed by atoms with Crippen molar-refractivity contribution in [2.75, 3.05) is 11.5 Å². The van der Waals surface area contributed by atoms with Gasteiger partial charge < -0.3 is 10.2 Å². The summed E-state index contributed by atoms with van der Waals surface area (Å²) >= 11 is 5.67. The van der Waals surface area contributed by atoms with Crippen molar-refractivity contribution in [1.82, 2.24) is 0 Å². The van der Waals surface area contributed by atoms with Crippen LogP contribution in [0.15, 0.2) is 0 Å². The summed E-state index contributed by atoms with van der Waals surface area (Å²) in [6.45, 7) is 1.93. The Hall–Kier alpha value is -0.360. The van der Waals surface area contributed by atoms with Crippen molar-refractivity contribution in [1.29, 1.82) is 0 Å². The molecule has 0 aliphatic carbocycles. The van der Waals surface area contributed by atoms with E-state index in [-0.39, 0.29) is 18.1 Å². The zero-order valence-corrected chi connectivity index (χ0v) is 10.3. The third kappa shape index (κ3) is 8.62. The van der Waals surface area contributed by atoms with E-state index in [9.17, 15) is 9.59 Å². The molecule has 0 saturated carbocycles. The Morgan fingerprint density at radius 2 is 1.93 bits per heavy atom. The van der Waals surface area contributed by atoms with Crippen molar-refractivity contribution in [3.05, 3.63) is 0 Å². The van der Waals surface area contributed by atoms with Gasteiger partial charge in [-0.1, -0.05) is 6.92 Å². The SMILES string of the molecule is CC(S)CSCC(CCC(=O)O)C(=O)O. The van der Waals surface area contributed by atoms with E-state index < -0.39 is 17.9 Å². The summed E-state index contributed by atoms with van der Waals surface area (Å²) in [5, 5.41) is 17.5. The predicted octanol–water partition coefficient (Wildman–Crippen LogP) is 1.60. The molecule has 15 heavy (non-hydrogen) atoms. The van der Waals surface area contributed by atoms with Crippen LogP contribution in [0.4, 0.5) is 0 Å². The van der Waals surface area contributed by atoms with E-state index in [1.165, 1.54) is 11.8 Å². The predicted molar refractivity (Wildman–Crippen MR) is 63.8 cm³/mol.